The van der Waals surface area contributed by atoms with Gasteiger partial charge in [0.15, 0.2) is 5.75 Å². The fourth-order valence-corrected chi connectivity index (χ4v) is 2.05. The predicted octanol–water partition coefficient (Wildman–Crippen LogP) is 2.69. The van der Waals surface area contributed by atoms with Crippen molar-refractivity contribution in [3.63, 3.8) is 0 Å². The number of hydrogen-bond donors (Lipinski definition) is 1. The SMILES string of the molecule is CCOc1cc(NC(C)Cn2cccn2)ccc1[N+](=O)[O-]. The van der Waals surface area contributed by atoms with E-state index in [1.54, 1.807) is 25.3 Å². The van der Waals surface area contributed by atoms with E-state index in [1.165, 1.54) is 6.07 Å². The van der Waals surface area contributed by atoms with Crippen molar-refractivity contribution in [1.29, 1.82) is 0 Å². The summed E-state index contributed by atoms with van der Waals surface area (Å²) in [6.07, 6.45) is 3.62. The fourth-order valence-electron chi connectivity index (χ4n) is 2.05. The van der Waals surface area contributed by atoms with E-state index in [9.17, 15) is 10.1 Å². The van der Waals surface area contributed by atoms with Gasteiger partial charge in [-0.3, -0.25) is 14.8 Å². The Kier molecular flexibility index (Phi) is 4.76. The highest BCUT2D eigenvalue weighted by Gasteiger charge is 2.16. The largest absolute Gasteiger partial charge is 0.487 e. The molecular weight excluding hydrogens is 272 g/mol. The van der Waals surface area contributed by atoms with Crippen molar-refractivity contribution in [3.05, 3.63) is 46.8 Å². The van der Waals surface area contributed by atoms with Crippen LogP contribution in [-0.2, 0) is 6.54 Å². The third-order valence-electron chi connectivity index (χ3n) is 2.89. The normalized spacial score (nSPS) is 11.9. The lowest BCUT2D eigenvalue weighted by molar-refractivity contribution is -0.385. The average molecular weight is 290 g/mol. The van der Waals surface area contributed by atoms with Crippen LogP contribution in [0.1, 0.15) is 13.8 Å². The highest BCUT2D eigenvalue weighted by molar-refractivity contribution is 5.58. The van der Waals surface area contributed by atoms with Crippen molar-refractivity contribution in [3.8, 4) is 5.75 Å². The molecular formula is C14H18N4O3. The standard InChI is InChI=1S/C14H18N4O3/c1-3-21-14-9-12(5-6-13(14)18(19)20)16-11(2)10-17-8-4-7-15-17/h4-9,11,16H,3,10H2,1-2H3. The van der Waals surface area contributed by atoms with Crippen LogP contribution in [0, 0.1) is 10.1 Å². The number of hydrogen-bond acceptors (Lipinski definition) is 5. The molecule has 7 heteroatoms. The lowest BCUT2D eigenvalue weighted by Gasteiger charge is -2.16. The van der Waals surface area contributed by atoms with Crippen LogP contribution in [-0.4, -0.2) is 27.4 Å². The summed E-state index contributed by atoms with van der Waals surface area (Å²) in [5.74, 6) is 0.277. The molecule has 0 aliphatic heterocycles. The summed E-state index contributed by atoms with van der Waals surface area (Å²) >= 11 is 0. The molecule has 1 N–H and O–H groups in total. The molecule has 2 aromatic rings. The fraction of sp³-hybridized carbons (Fsp3) is 0.357. The van der Waals surface area contributed by atoms with Crippen LogP contribution in [0.4, 0.5) is 11.4 Å². The minimum Gasteiger partial charge on any atom is -0.487 e. The van der Waals surface area contributed by atoms with Gasteiger partial charge in [0.1, 0.15) is 0 Å². The van der Waals surface area contributed by atoms with Crippen LogP contribution in [0.2, 0.25) is 0 Å². The number of nitrogens with zero attached hydrogens (tertiary/aromatic N) is 3. The molecule has 0 bridgehead atoms. The molecule has 0 saturated heterocycles. The van der Waals surface area contributed by atoms with Crippen LogP contribution in [0.5, 0.6) is 5.75 Å². The van der Waals surface area contributed by atoms with Crippen molar-refractivity contribution < 1.29 is 9.66 Å². The molecule has 0 amide bonds. The van der Waals surface area contributed by atoms with E-state index < -0.39 is 4.92 Å². The second kappa shape index (κ2) is 6.74. The van der Waals surface area contributed by atoms with Crippen LogP contribution in [0.25, 0.3) is 0 Å². The molecule has 0 spiro atoms. The number of rotatable bonds is 7. The van der Waals surface area contributed by atoms with E-state index >= 15 is 0 Å². The maximum Gasteiger partial charge on any atom is 0.311 e. The monoisotopic (exact) mass is 290 g/mol. The summed E-state index contributed by atoms with van der Waals surface area (Å²) in [6.45, 7) is 4.90. The Morgan fingerprint density at radius 2 is 2.33 bits per heavy atom. The molecule has 1 aromatic heterocycles. The number of benzene rings is 1. The molecule has 0 fully saturated rings. The van der Waals surface area contributed by atoms with Gasteiger partial charge in [-0.25, -0.2) is 0 Å². The number of aromatic nitrogens is 2. The van der Waals surface area contributed by atoms with Gasteiger partial charge in [-0.1, -0.05) is 0 Å². The summed E-state index contributed by atoms with van der Waals surface area (Å²) in [4.78, 5) is 10.5. The third kappa shape index (κ3) is 3.95. The Balaban J connectivity index is 2.09. The molecule has 112 valence electrons. The minimum atomic E-state index is -0.443. The van der Waals surface area contributed by atoms with Gasteiger partial charge in [0, 0.05) is 36.3 Å². The van der Waals surface area contributed by atoms with Crippen molar-refractivity contribution in [2.24, 2.45) is 0 Å². The topological polar surface area (TPSA) is 82.2 Å². The zero-order chi connectivity index (χ0) is 15.2. The zero-order valence-electron chi connectivity index (χ0n) is 12.0. The Labute approximate surface area is 122 Å². The Hall–Kier alpha value is -2.57. The van der Waals surface area contributed by atoms with Gasteiger partial charge in [-0.2, -0.15) is 5.10 Å². The van der Waals surface area contributed by atoms with Gasteiger partial charge in [0.25, 0.3) is 0 Å². The number of anilines is 1. The van der Waals surface area contributed by atoms with E-state index in [2.05, 4.69) is 10.4 Å². The van der Waals surface area contributed by atoms with E-state index in [1.807, 2.05) is 23.9 Å². The van der Waals surface area contributed by atoms with Crippen molar-refractivity contribution >= 4 is 11.4 Å². The summed E-state index contributed by atoms with van der Waals surface area (Å²) in [6, 6.07) is 6.78. The van der Waals surface area contributed by atoms with Gasteiger partial charge < -0.3 is 10.1 Å². The van der Waals surface area contributed by atoms with Gasteiger partial charge in [-0.05, 0) is 26.0 Å². The second-order valence-corrected chi connectivity index (χ2v) is 4.65. The quantitative estimate of drug-likeness (QED) is 0.626. The molecule has 1 heterocycles. The molecule has 21 heavy (non-hydrogen) atoms. The average Bonchev–Trinajstić information content (AvgIpc) is 2.91. The minimum absolute atomic E-state index is 0.0258. The zero-order valence-corrected chi connectivity index (χ0v) is 12.0. The molecule has 7 nitrogen and oxygen atoms in total. The molecule has 0 aliphatic carbocycles. The van der Waals surface area contributed by atoms with Crippen molar-refractivity contribution in [2.75, 3.05) is 11.9 Å². The lowest BCUT2D eigenvalue weighted by atomic mass is 10.2. The van der Waals surface area contributed by atoms with Crippen LogP contribution >= 0.6 is 0 Å². The van der Waals surface area contributed by atoms with Gasteiger partial charge in [0.2, 0.25) is 0 Å². The van der Waals surface area contributed by atoms with Crippen LogP contribution in [0.15, 0.2) is 36.7 Å². The van der Waals surface area contributed by atoms with E-state index in [4.69, 9.17) is 4.74 Å². The highest BCUT2D eigenvalue weighted by atomic mass is 16.6. The van der Waals surface area contributed by atoms with Crippen molar-refractivity contribution in [1.82, 2.24) is 9.78 Å². The molecule has 2 rings (SSSR count). The van der Waals surface area contributed by atoms with E-state index in [0.29, 0.717) is 13.2 Å². The van der Waals surface area contributed by atoms with Gasteiger partial charge >= 0.3 is 5.69 Å². The first-order chi connectivity index (χ1) is 10.1. The number of nitro groups is 1. The Morgan fingerprint density at radius 1 is 1.52 bits per heavy atom. The van der Waals surface area contributed by atoms with E-state index in [-0.39, 0.29) is 17.5 Å². The van der Waals surface area contributed by atoms with Crippen molar-refractivity contribution in [2.45, 2.75) is 26.4 Å². The second-order valence-electron chi connectivity index (χ2n) is 4.65. The lowest BCUT2D eigenvalue weighted by Crippen LogP contribution is -2.22. The molecule has 0 saturated carbocycles. The molecule has 0 radical (unpaired) electrons. The predicted molar refractivity (Wildman–Crippen MR) is 79.6 cm³/mol. The summed E-state index contributed by atoms with van der Waals surface area (Å²) in [5.41, 5.74) is 0.755. The first kappa shape index (κ1) is 14.8. The third-order valence-corrected chi connectivity index (χ3v) is 2.89. The maximum absolute atomic E-state index is 10.9. The van der Waals surface area contributed by atoms with Gasteiger partial charge in [0.05, 0.1) is 18.1 Å². The Morgan fingerprint density at radius 3 is 2.95 bits per heavy atom. The van der Waals surface area contributed by atoms with Gasteiger partial charge in [-0.15, -0.1) is 0 Å². The smallest absolute Gasteiger partial charge is 0.311 e. The maximum atomic E-state index is 10.9. The number of nitrogens with one attached hydrogen (secondary N) is 1. The summed E-state index contributed by atoms with van der Waals surface area (Å²) in [7, 11) is 0. The molecule has 1 unspecified atom stereocenters. The summed E-state index contributed by atoms with van der Waals surface area (Å²) < 4.78 is 7.15. The van der Waals surface area contributed by atoms with Crippen LogP contribution < -0.4 is 10.1 Å². The molecule has 0 aliphatic rings. The first-order valence-corrected chi connectivity index (χ1v) is 6.75. The number of ether oxygens (including phenoxy) is 1. The molecule has 1 atom stereocenters. The first-order valence-electron chi connectivity index (χ1n) is 6.75. The number of nitro benzene ring substituents is 1. The Bertz CT molecular complexity index is 598. The molecule has 1 aromatic carbocycles. The summed E-state index contributed by atoms with van der Waals surface area (Å²) in [5, 5.41) is 18.4. The van der Waals surface area contributed by atoms with E-state index in [0.717, 1.165) is 5.69 Å². The highest BCUT2D eigenvalue weighted by Crippen LogP contribution is 2.30. The van der Waals surface area contributed by atoms with Crippen LogP contribution in [0.3, 0.4) is 0 Å².